The summed E-state index contributed by atoms with van der Waals surface area (Å²) in [6.45, 7) is 0. The molecule has 21 heavy (non-hydrogen) atoms. The fourth-order valence-electron chi connectivity index (χ4n) is 2.46. The van der Waals surface area contributed by atoms with Gasteiger partial charge in [-0.3, -0.25) is 0 Å². The summed E-state index contributed by atoms with van der Waals surface area (Å²) in [5, 5.41) is 3.08. The maximum atomic E-state index is 12.2. The summed E-state index contributed by atoms with van der Waals surface area (Å²) in [5.41, 5.74) is 7.01. The maximum absolute atomic E-state index is 12.2. The predicted octanol–water partition coefficient (Wildman–Crippen LogP) is 2.65. The van der Waals surface area contributed by atoms with Gasteiger partial charge in [0.05, 0.1) is 0 Å². The Hall–Kier alpha value is -2.36. The van der Waals surface area contributed by atoms with Crippen LogP contribution < -0.4 is 11.4 Å². The Morgan fingerprint density at radius 1 is 1.10 bits per heavy atom. The van der Waals surface area contributed by atoms with E-state index in [0.717, 1.165) is 16.2 Å². The number of nitrogens with two attached hydrogens (primary N) is 1. The van der Waals surface area contributed by atoms with Gasteiger partial charge in [0.2, 0.25) is 0 Å². The molecule has 0 bridgehead atoms. The van der Waals surface area contributed by atoms with Gasteiger partial charge < -0.3 is 0 Å². The third-order valence-corrected chi connectivity index (χ3v) is 4.85. The van der Waals surface area contributed by atoms with E-state index in [4.69, 9.17) is 10.2 Å². The van der Waals surface area contributed by atoms with E-state index in [1.165, 1.54) is 0 Å². The van der Waals surface area contributed by atoms with Crippen LogP contribution in [0.4, 0.5) is 4.69 Å². The van der Waals surface area contributed by atoms with E-state index in [1.54, 1.807) is 0 Å². The van der Waals surface area contributed by atoms with Crippen LogP contribution in [0.25, 0.3) is 33.0 Å². The number of hydrogen-bond acceptors (Lipinski definition) is 4. The Balaban J connectivity index is 2.11. The average molecular weight is 341 g/mol. The van der Waals surface area contributed by atoms with Crippen LogP contribution in [0.3, 0.4) is 0 Å². The van der Waals surface area contributed by atoms with Gasteiger partial charge >= 0.3 is 125 Å². The van der Waals surface area contributed by atoms with Gasteiger partial charge in [-0.2, -0.15) is 0 Å². The van der Waals surface area contributed by atoms with Crippen LogP contribution in [0.5, 0.6) is 0 Å². The number of aromatic nitrogens is 1. The number of fused-ring (bicyclic) bond motifs is 3. The molecular weight excluding hydrogens is 331 g/mol. The fourth-order valence-corrected chi connectivity index (χ4v) is 3.64. The zero-order valence-electron chi connectivity index (χ0n) is 10.9. The minimum absolute atomic E-state index is 0.0233. The summed E-state index contributed by atoms with van der Waals surface area (Å²) in [5.74, 6) is 0. The summed E-state index contributed by atoms with van der Waals surface area (Å²) in [7, 11) is 0. The molecule has 102 valence electrons. The SMILES string of the molecule is Nc1nc(-c2cc3c(ccc4ccccc43)oc2=O)c[se]1. The summed E-state index contributed by atoms with van der Waals surface area (Å²) < 4.78 is 6.03. The van der Waals surface area contributed by atoms with E-state index >= 15 is 0 Å². The van der Waals surface area contributed by atoms with Gasteiger partial charge in [0.1, 0.15) is 0 Å². The van der Waals surface area contributed by atoms with Gasteiger partial charge in [0.25, 0.3) is 0 Å². The number of benzene rings is 2. The van der Waals surface area contributed by atoms with E-state index < -0.39 is 0 Å². The first-order valence-corrected chi connectivity index (χ1v) is 8.24. The third-order valence-electron chi connectivity index (χ3n) is 3.44. The minimum atomic E-state index is -0.377. The van der Waals surface area contributed by atoms with Crippen LogP contribution in [0.1, 0.15) is 0 Å². The molecule has 2 heterocycles. The van der Waals surface area contributed by atoms with Gasteiger partial charge in [0, 0.05) is 0 Å². The van der Waals surface area contributed by atoms with E-state index in [0.29, 0.717) is 21.5 Å². The van der Waals surface area contributed by atoms with Crippen molar-refractivity contribution in [3.63, 3.8) is 0 Å². The molecule has 4 nitrogen and oxygen atoms in total. The molecule has 2 N–H and O–H groups in total. The number of nitrogens with zero attached hydrogens (tertiary/aromatic N) is 1. The van der Waals surface area contributed by atoms with E-state index in [2.05, 4.69) is 4.98 Å². The topological polar surface area (TPSA) is 69.1 Å². The number of anilines is 1. The Morgan fingerprint density at radius 3 is 2.76 bits per heavy atom. The monoisotopic (exact) mass is 342 g/mol. The van der Waals surface area contributed by atoms with Crippen LogP contribution in [-0.4, -0.2) is 19.5 Å². The van der Waals surface area contributed by atoms with E-state index in [-0.39, 0.29) is 20.1 Å². The first-order valence-electron chi connectivity index (χ1n) is 6.39. The Morgan fingerprint density at radius 2 is 1.95 bits per heavy atom. The number of nitrogen functional groups attached to an aromatic ring is 1. The van der Waals surface area contributed by atoms with Crippen molar-refractivity contribution in [2.75, 3.05) is 5.73 Å². The second-order valence-electron chi connectivity index (χ2n) is 4.72. The zero-order chi connectivity index (χ0) is 14.4. The van der Waals surface area contributed by atoms with Crippen LogP contribution in [-0.2, 0) is 0 Å². The first-order chi connectivity index (χ1) is 10.2. The van der Waals surface area contributed by atoms with Gasteiger partial charge in [0.15, 0.2) is 0 Å². The van der Waals surface area contributed by atoms with Crippen molar-refractivity contribution in [1.29, 1.82) is 0 Å². The summed E-state index contributed by atoms with van der Waals surface area (Å²) in [4.78, 5) is 18.3. The molecule has 0 saturated heterocycles. The Labute approximate surface area is 125 Å². The normalized spacial score (nSPS) is 11.2. The molecule has 0 aliphatic rings. The van der Waals surface area contributed by atoms with Gasteiger partial charge in [-0.25, -0.2) is 0 Å². The van der Waals surface area contributed by atoms with Crippen molar-refractivity contribution in [3.8, 4) is 11.3 Å². The first kappa shape index (κ1) is 12.4. The third kappa shape index (κ3) is 1.98. The van der Waals surface area contributed by atoms with Crippen molar-refractivity contribution >= 4 is 40.9 Å². The number of rotatable bonds is 1. The molecule has 0 aliphatic heterocycles. The molecule has 4 rings (SSSR count). The summed E-state index contributed by atoms with van der Waals surface area (Å²) in [6, 6.07) is 13.6. The molecule has 5 heteroatoms. The van der Waals surface area contributed by atoms with Crippen molar-refractivity contribution in [1.82, 2.24) is 4.98 Å². The zero-order valence-corrected chi connectivity index (χ0v) is 12.6. The molecule has 0 fully saturated rings. The van der Waals surface area contributed by atoms with Crippen molar-refractivity contribution in [2.45, 2.75) is 0 Å². The molecule has 0 amide bonds. The molecule has 4 aromatic rings. The van der Waals surface area contributed by atoms with E-state index in [9.17, 15) is 4.79 Å². The van der Waals surface area contributed by atoms with Crippen molar-refractivity contribution < 1.29 is 4.42 Å². The van der Waals surface area contributed by atoms with E-state index in [1.807, 2.05) is 47.4 Å². The quantitative estimate of drug-likeness (QED) is 0.328. The van der Waals surface area contributed by atoms with Crippen LogP contribution in [0.15, 0.2) is 56.6 Å². The second kappa shape index (κ2) is 4.58. The molecular formula is C16H10N2O2Se. The summed E-state index contributed by atoms with van der Waals surface area (Å²) in [6.07, 6.45) is 0. The standard InChI is InChI=1S/C16H10N2O2Se/c17-16-18-13(8-21-16)12-7-11-10-4-2-1-3-9(10)5-6-14(11)20-15(12)19/h1-8H,(H2,17,18). The van der Waals surface area contributed by atoms with Gasteiger partial charge in [-0.15, -0.1) is 0 Å². The van der Waals surface area contributed by atoms with Crippen LogP contribution >= 0.6 is 0 Å². The molecule has 0 aliphatic carbocycles. The molecule has 2 aromatic heterocycles. The van der Waals surface area contributed by atoms with Gasteiger partial charge in [-0.05, 0) is 0 Å². The van der Waals surface area contributed by atoms with Crippen molar-refractivity contribution in [3.05, 3.63) is 57.8 Å². The Kier molecular flexibility index (Phi) is 2.70. The van der Waals surface area contributed by atoms with Crippen molar-refractivity contribution in [2.24, 2.45) is 0 Å². The molecule has 0 spiro atoms. The average Bonchev–Trinajstić information content (AvgIpc) is 2.92. The van der Waals surface area contributed by atoms with Crippen LogP contribution in [0.2, 0.25) is 0 Å². The molecule has 0 radical (unpaired) electrons. The molecule has 0 saturated carbocycles. The molecule has 0 unspecified atom stereocenters. The van der Waals surface area contributed by atoms with Gasteiger partial charge in [-0.1, -0.05) is 0 Å². The molecule has 2 aromatic carbocycles. The number of hydrogen-bond donors (Lipinski definition) is 1. The Bertz CT molecular complexity index is 1030. The molecule has 0 atom stereocenters. The summed E-state index contributed by atoms with van der Waals surface area (Å²) >= 11 is 0.0233. The fraction of sp³-hybridized carbons (Fsp3) is 0. The predicted molar refractivity (Wildman–Crippen MR) is 84.6 cm³/mol. The second-order valence-corrected chi connectivity index (χ2v) is 6.58. The van der Waals surface area contributed by atoms with Crippen LogP contribution in [0, 0.1) is 0 Å².